The standard InChI is InChI=1S/C11H20ClN3O/c1-3-4-5-6-10-13-14-11(9-12)15(10)7-8-16-2/h3-9H2,1-2H3. The molecule has 0 fully saturated rings. The molecule has 0 spiro atoms. The van der Waals surface area contributed by atoms with Crippen LogP contribution in [0.3, 0.4) is 0 Å². The first-order valence-electron chi connectivity index (χ1n) is 5.79. The van der Waals surface area contributed by atoms with Crippen LogP contribution < -0.4 is 0 Å². The SMILES string of the molecule is CCCCCc1nnc(CCl)n1CCOC. The normalized spacial score (nSPS) is 10.9. The van der Waals surface area contributed by atoms with Crippen LogP contribution in [0.5, 0.6) is 0 Å². The third kappa shape index (κ3) is 3.76. The summed E-state index contributed by atoms with van der Waals surface area (Å²) < 4.78 is 7.15. The van der Waals surface area contributed by atoms with E-state index in [4.69, 9.17) is 16.3 Å². The fourth-order valence-electron chi connectivity index (χ4n) is 1.63. The van der Waals surface area contributed by atoms with Crippen molar-refractivity contribution in [2.45, 2.75) is 45.0 Å². The van der Waals surface area contributed by atoms with Crippen LogP contribution in [-0.4, -0.2) is 28.5 Å². The number of methoxy groups -OCH3 is 1. The van der Waals surface area contributed by atoms with E-state index in [1.54, 1.807) is 7.11 Å². The van der Waals surface area contributed by atoms with E-state index in [1.165, 1.54) is 12.8 Å². The van der Waals surface area contributed by atoms with Gasteiger partial charge in [-0.3, -0.25) is 0 Å². The molecule has 1 aromatic rings. The summed E-state index contributed by atoms with van der Waals surface area (Å²) in [5.41, 5.74) is 0. The Bertz CT molecular complexity index is 301. The number of hydrogen-bond acceptors (Lipinski definition) is 3. The van der Waals surface area contributed by atoms with Crippen molar-refractivity contribution in [1.29, 1.82) is 0 Å². The van der Waals surface area contributed by atoms with Gasteiger partial charge in [-0.25, -0.2) is 0 Å². The zero-order valence-corrected chi connectivity index (χ0v) is 10.8. The Balaban J connectivity index is 2.62. The maximum absolute atomic E-state index is 5.82. The molecule has 5 heteroatoms. The van der Waals surface area contributed by atoms with E-state index in [0.29, 0.717) is 12.5 Å². The van der Waals surface area contributed by atoms with Crippen LogP contribution >= 0.6 is 11.6 Å². The molecule has 0 N–H and O–H groups in total. The number of halogens is 1. The average molecular weight is 246 g/mol. The summed E-state index contributed by atoms with van der Waals surface area (Å²) >= 11 is 5.82. The Kier molecular flexibility index (Phi) is 6.42. The smallest absolute Gasteiger partial charge is 0.148 e. The second-order valence-corrected chi connectivity index (χ2v) is 4.03. The largest absolute Gasteiger partial charge is 0.383 e. The van der Waals surface area contributed by atoms with Gasteiger partial charge in [0, 0.05) is 20.1 Å². The number of rotatable bonds is 8. The zero-order chi connectivity index (χ0) is 11.8. The Morgan fingerprint density at radius 1 is 1.25 bits per heavy atom. The molecule has 16 heavy (non-hydrogen) atoms. The molecule has 1 rings (SSSR count). The number of ether oxygens (including phenoxy) is 1. The summed E-state index contributed by atoms with van der Waals surface area (Å²) in [5.74, 6) is 2.27. The van der Waals surface area contributed by atoms with Gasteiger partial charge in [-0.2, -0.15) is 0 Å². The van der Waals surface area contributed by atoms with Crippen molar-refractivity contribution < 1.29 is 4.74 Å². The molecule has 1 heterocycles. The van der Waals surface area contributed by atoms with Gasteiger partial charge in [0.15, 0.2) is 0 Å². The van der Waals surface area contributed by atoms with Crippen LogP contribution in [0.15, 0.2) is 0 Å². The molecule has 0 amide bonds. The van der Waals surface area contributed by atoms with Gasteiger partial charge in [0.1, 0.15) is 11.6 Å². The molecule has 0 aliphatic heterocycles. The maximum atomic E-state index is 5.82. The van der Waals surface area contributed by atoms with Gasteiger partial charge >= 0.3 is 0 Å². The highest BCUT2D eigenvalue weighted by Crippen LogP contribution is 2.09. The van der Waals surface area contributed by atoms with Gasteiger partial charge in [0.2, 0.25) is 0 Å². The Morgan fingerprint density at radius 2 is 2.00 bits per heavy atom. The molecule has 0 saturated carbocycles. The van der Waals surface area contributed by atoms with Crippen LogP contribution in [-0.2, 0) is 23.6 Å². The van der Waals surface area contributed by atoms with Crippen molar-refractivity contribution in [2.24, 2.45) is 0 Å². The maximum Gasteiger partial charge on any atom is 0.148 e. The molecule has 0 aliphatic rings. The van der Waals surface area contributed by atoms with Gasteiger partial charge in [0.25, 0.3) is 0 Å². The first-order chi connectivity index (χ1) is 7.83. The first kappa shape index (κ1) is 13.5. The Hall–Kier alpha value is -0.610. The highest BCUT2D eigenvalue weighted by molar-refractivity contribution is 6.16. The molecule has 92 valence electrons. The van der Waals surface area contributed by atoms with E-state index in [0.717, 1.165) is 31.0 Å². The van der Waals surface area contributed by atoms with E-state index >= 15 is 0 Å². The van der Waals surface area contributed by atoms with Gasteiger partial charge in [0.05, 0.1) is 12.5 Å². The van der Waals surface area contributed by atoms with Crippen molar-refractivity contribution in [1.82, 2.24) is 14.8 Å². The predicted octanol–water partition coefficient (Wildman–Crippen LogP) is 2.40. The predicted molar refractivity (Wildman–Crippen MR) is 64.7 cm³/mol. The topological polar surface area (TPSA) is 39.9 Å². The second-order valence-electron chi connectivity index (χ2n) is 3.77. The summed E-state index contributed by atoms with van der Waals surface area (Å²) in [5, 5.41) is 8.28. The van der Waals surface area contributed by atoms with Crippen LogP contribution in [0.4, 0.5) is 0 Å². The molecule has 0 unspecified atom stereocenters. The van der Waals surface area contributed by atoms with Crippen molar-refractivity contribution >= 4 is 11.6 Å². The summed E-state index contributed by atoms with van der Waals surface area (Å²) in [7, 11) is 1.70. The third-order valence-electron chi connectivity index (χ3n) is 2.55. The highest BCUT2D eigenvalue weighted by Gasteiger charge is 2.10. The zero-order valence-electron chi connectivity index (χ0n) is 10.1. The minimum absolute atomic E-state index is 0.407. The third-order valence-corrected chi connectivity index (χ3v) is 2.79. The molecular formula is C11H20ClN3O. The Labute approximate surface area is 102 Å². The summed E-state index contributed by atoms with van der Waals surface area (Å²) in [6.45, 7) is 3.65. The minimum Gasteiger partial charge on any atom is -0.383 e. The number of unbranched alkanes of at least 4 members (excludes halogenated alkanes) is 2. The van der Waals surface area contributed by atoms with Crippen LogP contribution in [0.1, 0.15) is 37.8 Å². The molecular weight excluding hydrogens is 226 g/mol. The number of nitrogens with zero attached hydrogens (tertiary/aromatic N) is 3. The number of aromatic nitrogens is 3. The van der Waals surface area contributed by atoms with Crippen molar-refractivity contribution in [3.05, 3.63) is 11.6 Å². The summed E-state index contributed by atoms with van der Waals surface area (Å²) in [6, 6.07) is 0. The molecule has 0 radical (unpaired) electrons. The van der Waals surface area contributed by atoms with Crippen LogP contribution in [0.2, 0.25) is 0 Å². The second kappa shape index (κ2) is 7.63. The van der Waals surface area contributed by atoms with Gasteiger partial charge in [-0.15, -0.1) is 21.8 Å². The van der Waals surface area contributed by atoms with E-state index in [1.807, 2.05) is 0 Å². The summed E-state index contributed by atoms with van der Waals surface area (Å²) in [6.07, 6.45) is 4.58. The fourth-order valence-corrected chi connectivity index (χ4v) is 1.83. The average Bonchev–Trinajstić information content (AvgIpc) is 2.69. The van der Waals surface area contributed by atoms with Crippen LogP contribution in [0, 0.1) is 0 Å². The van der Waals surface area contributed by atoms with E-state index in [9.17, 15) is 0 Å². The van der Waals surface area contributed by atoms with E-state index in [2.05, 4.69) is 21.7 Å². The molecule has 0 aliphatic carbocycles. The summed E-state index contributed by atoms with van der Waals surface area (Å²) in [4.78, 5) is 0. The molecule has 0 aromatic carbocycles. The quantitative estimate of drug-likeness (QED) is 0.522. The van der Waals surface area contributed by atoms with Gasteiger partial charge < -0.3 is 9.30 Å². The molecule has 4 nitrogen and oxygen atoms in total. The molecule has 0 atom stereocenters. The first-order valence-corrected chi connectivity index (χ1v) is 6.32. The lowest BCUT2D eigenvalue weighted by atomic mass is 10.2. The number of hydrogen-bond donors (Lipinski definition) is 0. The van der Waals surface area contributed by atoms with Crippen LogP contribution in [0.25, 0.3) is 0 Å². The lowest BCUT2D eigenvalue weighted by Crippen LogP contribution is -2.11. The minimum atomic E-state index is 0.407. The van der Waals surface area contributed by atoms with E-state index in [-0.39, 0.29) is 0 Å². The lowest BCUT2D eigenvalue weighted by molar-refractivity contribution is 0.185. The Morgan fingerprint density at radius 3 is 2.62 bits per heavy atom. The monoisotopic (exact) mass is 245 g/mol. The molecule has 1 aromatic heterocycles. The van der Waals surface area contributed by atoms with Crippen molar-refractivity contribution in [2.75, 3.05) is 13.7 Å². The molecule has 0 saturated heterocycles. The molecule has 0 bridgehead atoms. The van der Waals surface area contributed by atoms with E-state index < -0.39 is 0 Å². The van der Waals surface area contributed by atoms with Gasteiger partial charge in [-0.05, 0) is 6.42 Å². The fraction of sp³-hybridized carbons (Fsp3) is 0.818. The number of alkyl halides is 1. The van der Waals surface area contributed by atoms with Gasteiger partial charge in [-0.1, -0.05) is 19.8 Å². The lowest BCUT2D eigenvalue weighted by Gasteiger charge is -2.08. The number of aryl methyl sites for hydroxylation is 1. The highest BCUT2D eigenvalue weighted by atomic mass is 35.5. The van der Waals surface area contributed by atoms with Crippen molar-refractivity contribution in [3.63, 3.8) is 0 Å². The van der Waals surface area contributed by atoms with Crippen molar-refractivity contribution in [3.8, 4) is 0 Å².